The third kappa shape index (κ3) is 3.61. The van der Waals surface area contributed by atoms with E-state index in [1.165, 1.54) is 0 Å². The molecule has 4 nitrogen and oxygen atoms in total. The number of hydrogen-bond donors (Lipinski definition) is 2. The molecule has 0 fully saturated rings. The predicted octanol–water partition coefficient (Wildman–Crippen LogP) is 2.08. The smallest absolute Gasteiger partial charge is 0.254 e. The lowest BCUT2D eigenvalue weighted by molar-refractivity contribution is 0.0229. The maximum atomic E-state index is 11.9. The summed E-state index contributed by atoms with van der Waals surface area (Å²) < 4.78 is 5.21. The van der Waals surface area contributed by atoms with Gasteiger partial charge in [-0.25, -0.2) is 0 Å². The first kappa shape index (κ1) is 13.8. The average Bonchev–Trinajstić information content (AvgIpc) is 2.26. The van der Waals surface area contributed by atoms with Crippen molar-refractivity contribution in [1.29, 1.82) is 0 Å². The van der Waals surface area contributed by atoms with Gasteiger partial charge in [0.2, 0.25) is 0 Å². The van der Waals surface area contributed by atoms with Crippen molar-refractivity contribution < 1.29 is 9.53 Å². The summed E-state index contributed by atoms with van der Waals surface area (Å²) in [5, 5.41) is 3.09. The summed E-state index contributed by atoms with van der Waals surface area (Å²) in [6.45, 7) is 4.14. The van der Waals surface area contributed by atoms with Gasteiger partial charge >= 0.3 is 0 Å². The molecule has 0 aliphatic carbocycles. The fourth-order valence-corrected chi connectivity index (χ4v) is 1.50. The van der Waals surface area contributed by atoms with Gasteiger partial charge in [0.05, 0.1) is 16.2 Å². The molecule has 0 aliphatic rings. The predicted molar refractivity (Wildman–Crippen MR) is 69.3 cm³/mol. The number of hydrogen-bond acceptors (Lipinski definition) is 3. The van der Waals surface area contributed by atoms with E-state index in [1.54, 1.807) is 25.3 Å². The van der Waals surface area contributed by atoms with Gasteiger partial charge in [-0.05, 0) is 26.0 Å². The maximum Gasteiger partial charge on any atom is 0.254 e. The van der Waals surface area contributed by atoms with Gasteiger partial charge in [0.1, 0.15) is 0 Å². The van der Waals surface area contributed by atoms with Crippen LogP contribution < -0.4 is 11.1 Å². The van der Waals surface area contributed by atoms with Gasteiger partial charge in [0.15, 0.2) is 0 Å². The van der Waals surface area contributed by atoms with E-state index in [4.69, 9.17) is 22.1 Å². The quantitative estimate of drug-likeness (QED) is 0.811. The van der Waals surface area contributed by atoms with Crippen LogP contribution in [0.1, 0.15) is 24.2 Å². The molecule has 0 unspecified atom stereocenters. The highest BCUT2D eigenvalue weighted by molar-refractivity contribution is 6.34. The first-order valence-electron chi connectivity index (χ1n) is 5.25. The average molecular weight is 257 g/mol. The van der Waals surface area contributed by atoms with Gasteiger partial charge in [-0.3, -0.25) is 4.79 Å². The van der Waals surface area contributed by atoms with Crippen LogP contribution in [0.25, 0.3) is 0 Å². The zero-order chi connectivity index (χ0) is 13.1. The molecule has 1 aromatic carbocycles. The molecule has 0 spiro atoms. The molecule has 0 aromatic heterocycles. The van der Waals surface area contributed by atoms with Crippen molar-refractivity contribution in [3.63, 3.8) is 0 Å². The van der Waals surface area contributed by atoms with Crippen LogP contribution in [-0.4, -0.2) is 25.2 Å². The van der Waals surface area contributed by atoms with Crippen molar-refractivity contribution >= 4 is 23.2 Å². The van der Waals surface area contributed by atoms with Crippen molar-refractivity contribution in [3.8, 4) is 0 Å². The van der Waals surface area contributed by atoms with E-state index in [0.29, 0.717) is 22.8 Å². The highest BCUT2D eigenvalue weighted by Gasteiger charge is 2.20. The molecule has 0 radical (unpaired) electrons. The van der Waals surface area contributed by atoms with Gasteiger partial charge in [-0.1, -0.05) is 17.7 Å². The molecule has 5 heteroatoms. The number of carbonyl (C=O) groups is 1. The van der Waals surface area contributed by atoms with E-state index < -0.39 is 5.60 Å². The van der Waals surface area contributed by atoms with Crippen molar-refractivity contribution in [3.05, 3.63) is 28.8 Å². The molecule has 1 amide bonds. The highest BCUT2D eigenvalue weighted by atomic mass is 35.5. The fraction of sp³-hybridized carbons (Fsp3) is 0.417. The Morgan fingerprint density at radius 1 is 1.53 bits per heavy atom. The third-order valence-electron chi connectivity index (χ3n) is 2.50. The molecule has 1 aromatic rings. The zero-order valence-corrected chi connectivity index (χ0v) is 11.0. The maximum absolute atomic E-state index is 11.9. The largest absolute Gasteiger partial charge is 0.398 e. The molecule has 0 atom stereocenters. The number of nitrogen functional groups attached to an aromatic ring is 1. The molecule has 0 bridgehead atoms. The minimum absolute atomic E-state index is 0.293. The summed E-state index contributed by atoms with van der Waals surface area (Å²) in [6, 6.07) is 4.98. The Bertz CT molecular complexity index is 399. The third-order valence-corrected chi connectivity index (χ3v) is 2.82. The summed E-state index contributed by atoms with van der Waals surface area (Å²) >= 11 is 5.94. The van der Waals surface area contributed by atoms with Crippen LogP contribution in [0, 0.1) is 0 Å². The molecule has 17 heavy (non-hydrogen) atoms. The number of methoxy groups -OCH3 is 1. The van der Waals surface area contributed by atoms with E-state index in [0.717, 1.165) is 0 Å². The SMILES string of the molecule is COC(C)(C)CNC(=O)c1c(N)cccc1Cl. The number of halogens is 1. The van der Waals surface area contributed by atoms with E-state index in [9.17, 15) is 4.79 Å². The minimum atomic E-state index is -0.425. The molecular formula is C12H17ClN2O2. The summed E-state index contributed by atoms with van der Waals surface area (Å²) in [7, 11) is 1.59. The van der Waals surface area contributed by atoms with Crippen LogP contribution in [0.2, 0.25) is 5.02 Å². The minimum Gasteiger partial charge on any atom is -0.398 e. The van der Waals surface area contributed by atoms with Crippen LogP contribution in [-0.2, 0) is 4.74 Å². The second-order valence-electron chi connectivity index (χ2n) is 4.35. The number of amides is 1. The Morgan fingerprint density at radius 3 is 2.71 bits per heavy atom. The summed E-state index contributed by atoms with van der Waals surface area (Å²) in [5.41, 5.74) is 5.97. The molecule has 0 heterocycles. The summed E-state index contributed by atoms with van der Waals surface area (Å²) in [6.07, 6.45) is 0. The highest BCUT2D eigenvalue weighted by Crippen LogP contribution is 2.21. The lowest BCUT2D eigenvalue weighted by Gasteiger charge is -2.23. The second-order valence-corrected chi connectivity index (χ2v) is 4.76. The first-order valence-corrected chi connectivity index (χ1v) is 5.62. The standard InChI is InChI=1S/C12H17ClN2O2/c1-12(2,17-3)7-15-11(16)10-8(13)5-4-6-9(10)14/h4-6H,7,14H2,1-3H3,(H,15,16). The van der Waals surface area contributed by atoms with Crippen molar-refractivity contribution in [1.82, 2.24) is 5.32 Å². The second kappa shape index (κ2) is 5.38. The van der Waals surface area contributed by atoms with Gasteiger partial charge in [-0.2, -0.15) is 0 Å². The molecule has 94 valence electrons. The van der Waals surface area contributed by atoms with Crippen molar-refractivity contribution in [2.24, 2.45) is 0 Å². The van der Waals surface area contributed by atoms with Crippen molar-refractivity contribution in [2.75, 3.05) is 19.4 Å². The first-order chi connectivity index (χ1) is 7.87. The lowest BCUT2D eigenvalue weighted by Crippen LogP contribution is -2.40. The molecule has 3 N–H and O–H groups in total. The number of nitrogens with one attached hydrogen (secondary N) is 1. The summed E-state index contributed by atoms with van der Waals surface area (Å²) in [4.78, 5) is 11.9. The van der Waals surface area contributed by atoms with Gasteiger partial charge in [0, 0.05) is 19.3 Å². The Labute approximate surface area is 106 Å². The van der Waals surface area contributed by atoms with Gasteiger partial charge in [-0.15, -0.1) is 0 Å². The topological polar surface area (TPSA) is 64.3 Å². The lowest BCUT2D eigenvalue weighted by atomic mass is 10.1. The molecular weight excluding hydrogens is 240 g/mol. The number of benzene rings is 1. The van der Waals surface area contributed by atoms with Crippen LogP contribution >= 0.6 is 11.6 Å². The van der Waals surface area contributed by atoms with E-state index in [2.05, 4.69) is 5.32 Å². The van der Waals surface area contributed by atoms with Crippen LogP contribution in [0.15, 0.2) is 18.2 Å². The van der Waals surface area contributed by atoms with Gasteiger partial charge in [0.25, 0.3) is 5.91 Å². The molecule has 1 rings (SSSR count). The number of rotatable bonds is 4. The van der Waals surface area contributed by atoms with Crippen LogP contribution in [0.5, 0.6) is 0 Å². The fourth-order valence-electron chi connectivity index (χ4n) is 1.23. The Balaban J connectivity index is 2.78. The number of anilines is 1. The van der Waals surface area contributed by atoms with Crippen LogP contribution in [0.3, 0.4) is 0 Å². The molecule has 0 saturated carbocycles. The molecule has 0 saturated heterocycles. The van der Waals surface area contributed by atoms with E-state index in [-0.39, 0.29) is 5.91 Å². The van der Waals surface area contributed by atoms with Crippen molar-refractivity contribution in [2.45, 2.75) is 19.4 Å². The normalized spacial score (nSPS) is 11.3. The number of nitrogens with two attached hydrogens (primary N) is 1. The summed E-state index contributed by atoms with van der Waals surface area (Å²) in [5.74, 6) is -0.293. The number of carbonyl (C=O) groups excluding carboxylic acids is 1. The monoisotopic (exact) mass is 256 g/mol. The van der Waals surface area contributed by atoms with E-state index in [1.807, 2.05) is 13.8 Å². The van der Waals surface area contributed by atoms with E-state index >= 15 is 0 Å². The Hall–Kier alpha value is -1.26. The number of ether oxygens (including phenoxy) is 1. The Kier molecular flexibility index (Phi) is 4.37. The molecule has 0 aliphatic heterocycles. The Morgan fingerprint density at radius 2 is 2.18 bits per heavy atom. The van der Waals surface area contributed by atoms with Gasteiger partial charge < -0.3 is 15.8 Å². The van der Waals surface area contributed by atoms with Crippen LogP contribution in [0.4, 0.5) is 5.69 Å². The zero-order valence-electron chi connectivity index (χ0n) is 10.2.